The average Bonchev–Trinajstić information content (AvgIpc) is 2.67. The Kier molecular flexibility index (Phi) is 3.37. The lowest BCUT2D eigenvalue weighted by atomic mass is 10.1. The molecule has 78 valence electrons. The van der Waals surface area contributed by atoms with Gasteiger partial charge in [0, 0.05) is 6.20 Å². The van der Waals surface area contributed by atoms with Crippen molar-refractivity contribution in [2.45, 2.75) is 6.42 Å². The van der Waals surface area contributed by atoms with Crippen molar-refractivity contribution in [2.75, 3.05) is 6.54 Å². The Morgan fingerprint density at radius 2 is 2.00 bits per heavy atom. The van der Waals surface area contributed by atoms with Crippen molar-refractivity contribution in [3.05, 3.63) is 45.8 Å². The fraction of sp³-hybridized carbons (Fsp3) is 0.182. The van der Waals surface area contributed by atoms with Gasteiger partial charge in [0.2, 0.25) is 0 Å². The number of halogens is 1. The minimum absolute atomic E-state index is 0.693. The smallest absolute Gasteiger partial charge is 0.0646 e. The van der Waals surface area contributed by atoms with E-state index in [2.05, 4.69) is 52.0 Å². The molecule has 4 heteroatoms. The quantitative estimate of drug-likeness (QED) is 0.881. The molecule has 0 saturated heterocycles. The Morgan fingerprint density at radius 3 is 2.53 bits per heavy atom. The highest BCUT2D eigenvalue weighted by Crippen LogP contribution is 2.11. The number of benzene rings is 1. The van der Waals surface area contributed by atoms with Crippen LogP contribution in [0.1, 0.15) is 5.56 Å². The zero-order valence-electron chi connectivity index (χ0n) is 8.23. The van der Waals surface area contributed by atoms with Gasteiger partial charge >= 0.3 is 0 Å². The summed E-state index contributed by atoms with van der Waals surface area (Å²) in [6.07, 6.45) is 4.77. The predicted molar refractivity (Wildman–Crippen MR) is 69.0 cm³/mol. The monoisotopic (exact) mass is 313 g/mol. The molecular formula is C11H12IN3. The normalized spacial score (nSPS) is 10.5. The summed E-state index contributed by atoms with van der Waals surface area (Å²) in [5, 5.41) is 4.25. The summed E-state index contributed by atoms with van der Waals surface area (Å²) in [5.74, 6) is 0. The van der Waals surface area contributed by atoms with Gasteiger partial charge < -0.3 is 5.73 Å². The molecule has 0 unspecified atom stereocenters. The van der Waals surface area contributed by atoms with E-state index in [1.165, 1.54) is 5.56 Å². The van der Waals surface area contributed by atoms with Crippen LogP contribution in [0.15, 0.2) is 36.7 Å². The van der Waals surface area contributed by atoms with Crippen LogP contribution in [0.3, 0.4) is 0 Å². The summed E-state index contributed by atoms with van der Waals surface area (Å²) in [7, 11) is 0. The molecule has 1 aromatic carbocycles. The van der Waals surface area contributed by atoms with Crippen molar-refractivity contribution in [3.8, 4) is 5.69 Å². The second kappa shape index (κ2) is 4.76. The first-order valence-electron chi connectivity index (χ1n) is 4.79. The average molecular weight is 313 g/mol. The minimum atomic E-state index is 0.693. The highest BCUT2D eigenvalue weighted by Gasteiger charge is 1.98. The van der Waals surface area contributed by atoms with Gasteiger partial charge in [-0.2, -0.15) is 5.10 Å². The number of hydrogen-bond acceptors (Lipinski definition) is 2. The number of nitrogens with two attached hydrogens (primary N) is 1. The fourth-order valence-electron chi connectivity index (χ4n) is 1.42. The molecule has 0 atom stereocenters. The SMILES string of the molecule is NCCc1ccc(-n2cc(I)cn2)cc1. The summed E-state index contributed by atoms with van der Waals surface area (Å²) < 4.78 is 3.01. The van der Waals surface area contributed by atoms with Crippen LogP contribution in [0, 0.1) is 3.57 Å². The Balaban J connectivity index is 2.23. The van der Waals surface area contributed by atoms with E-state index in [9.17, 15) is 0 Å². The Morgan fingerprint density at radius 1 is 1.27 bits per heavy atom. The Bertz CT molecular complexity index is 433. The van der Waals surface area contributed by atoms with Gasteiger partial charge in [-0.05, 0) is 53.3 Å². The van der Waals surface area contributed by atoms with Crippen LogP contribution in [0.2, 0.25) is 0 Å². The number of nitrogens with zero attached hydrogens (tertiary/aromatic N) is 2. The third-order valence-electron chi connectivity index (χ3n) is 2.18. The maximum atomic E-state index is 5.49. The molecule has 0 saturated carbocycles. The van der Waals surface area contributed by atoms with Crippen molar-refractivity contribution < 1.29 is 0 Å². The van der Waals surface area contributed by atoms with Crippen molar-refractivity contribution in [1.82, 2.24) is 9.78 Å². The van der Waals surface area contributed by atoms with Crippen LogP contribution >= 0.6 is 22.6 Å². The van der Waals surface area contributed by atoms with Crippen molar-refractivity contribution >= 4 is 22.6 Å². The molecule has 2 N–H and O–H groups in total. The second-order valence-electron chi connectivity index (χ2n) is 3.31. The van der Waals surface area contributed by atoms with Gasteiger partial charge in [-0.3, -0.25) is 0 Å². The maximum Gasteiger partial charge on any atom is 0.0646 e. The Hall–Kier alpha value is -0.880. The molecule has 2 rings (SSSR count). The molecule has 0 spiro atoms. The number of aromatic nitrogens is 2. The van der Waals surface area contributed by atoms with Crippen molar-refractivity contribution in [1.29, 1.82) is 0 Å². The van der Waals surface area contributed by atoms with E-state index in [0.717, 1.165) is 15.7 Å². The standard InChI is InChI=1S/C11H12IN3/c12-10-7-14-15(8-10)11-3-1-9(2-4-11)5-6-13/h1-4,7-8H,5-6,13H2. The van der Waals surface area contributed by atoms with E-state index in [0.29, 0.717) is 6.54 Å². The van der Waals surface area contributed by atoms with Gasteiger partial charge in [0.05, 0.1) is 15.5 Å². The van der Waals surface area contributed by atoms with Gasteiger partial charge in [-0.1, -0.05) is 12.1 Å². The van der Waals surface area contributed by atoms with Gasteiger partial charge in [0.15, 0.2) is 0 Å². The van der Waals surface area contributed by atoms with Gasteiger partial charge in [0.1, 0.15) is 0 Å². The van der Waals surface area contributed by atoms with Gasteiger partial charge in [-0.15, -0.1) is 0 Å². The molecule has 0 fully saturated rings. The zero-order valence-corrected chi connectivity index (χ0v) is 10.4. The van der Waals surface area contributed by atoms with E-state index < -0.39 is 0 Å². The molecule has 0 aliphatic heterocycles. The Labute approximate surface area is 102 Å². The lowest BCUT2D eigenvalue weighted by Crippen LogP contribution is -2.02. The second-order valence-corrected chi connectivity index (χ2v) is 4.55. The van der Waals surface area contributed by atoms with Crippen LogP contribution in [-0.2, 0) is 6.42 Å². The van der Waals surface area contributed by atoms with E-state index in [1.807, 2.05) is 17.1 Å². The van der Waals surface area contributed by atoms with E-state index in [1.54, 1.807) is 0 Å². The molecule has 0 aliphatic rings. The molecular weight excluding hydrogens is 301 g/mol. The van der Waals surface area contributed by atoms with Gasteiger partial charge in [0.25, 0.3) is 0 Å². The lowest BCUT2D eigenvalue weighted by Gasteiger charge is -2.02. The predicted octanol–water partition coefficient (Wildman–Crippen LogP) is 1.98. The zero-order chi connectivity index (χ0) is 10.7. The first-order valence-corrected chi connectivity index (χ1v) is 5.87. The topological polar surface area (TPSA) is 43.8 Å². The fourth-order valence-corrected chi connectivity index (χ4v) is 1.81. The summed E-state index contributed by atoms with van der Waals surface area (Å²) in [6, 6.07) is 8.32. The van der Waals surface area contributed by atoms with E-state index in [4.69, 9.17) is 5.73 Å². The lowest BCUT2D eigenvalue weighted by molar-refractivity contribution is 0.877. The number of hydrogen-bond donors (Lipinski definition) is 1. The summed E-state index contributed by atoms with van der Waals surface area (Å²) >= 11 is 2.25. The van der Waals surface area contributed by atoms with Crippen LogP contribution in [0.4, 0.5) is 0 Å². The molecule has 0 amide bonds. The van der Waals surface area contributed by atoms with Crippen LogP contribution in [-0.4, -0.2) is 16.3 Å². The van der Waals surface area contributed by atoms with Crippen molar-refractivity contribution in [2.24, 2.45) is 5.73 Å². The molecule has 2 aromatic rings. The third kappa shape index (κ3) is 2.57. The molecule has 0 bridgehead atoms. The van der Waals surface area contributed by atoms with E-state index >= 15 is 0 Å². The molecule has 15 heavy (non-hydrogen) atoms. The highest BCUT2D eigenvalue weighted by atomic mass is 127. The maximum absolute atomic E-state index is 5.49. The van der Waals surface area contributed by atoms with Crippen LogP contribution in [0.5, 0.6) is 0 Å². The molecule has 3 nitrogen and oxygen atoms in total. The summed E-state index contributed by atoms with van der Waals surface area (Å²) in [6.45, 7) is 0.693. The van der Waals surface area contributed by atoms with Crippen molar-refractivity contribution in [3.63, 3.8) is 0 Å². The molecule has 1 aromatic heterocycles. The first-order chi connectivity index (χ1) is 7.29. The highest BCUT2D eigenvalue weighted by molar-refractivity contribution is 14.1. The minimum Gasteiger partial charge on any atom is -0.330 e. The summed E-state index contributed by atoms with van der Waals surface area (Å²) in [5.41, 5.74) is 7.84. The molecule has 1 heterocycles. The molecule has 0 radical (unpaired) electrons. The van der Waals surface area contributed by atoms with Gasteiger partial charge in [-0.25, -0.2) is 4.68 Å². The van der Waals surface area contributed by atoms with Crippen LogP contribution in [0.25, 0.3) is 5.69 Å². The first kappa shape index (κ1) is 10.6. The summed E-state index contributed by atoms with van der Waals surface area (Å²) in [4.78, 5) is 0. The molecule has 0 aliphatic carbocycles. The largest absolute Gasteiger partial charge is 0.330 e. The van der Waals surface area contributed by atoms with Crippen LogP contribution < -0.4 is 5.73 Å². The third-order valence-corrected chi connectivity index (χ3v) is 2.74. The number of rotatable bonds is 3. The van der Waals surface area contributed by atoms with E-state index in [-0.39, 0.29) is 0 Å².